The van der Waals surface area contributed by atoms with Gasteiger partial charge in [-0.05, 0) is 43.4 Å². The number of carbonyl (C=O) groups excluding carboxylic acids is 2. The zero-order valence-corrected chi connectivity index (χ0v) is 15.7. The number of hydrogen-bond acceptors (Lipinski definition) is 5. The van der Waals surface area contributed by atoms with E-state index in [2.05, 4.69) is 10.3 Å². The van der Waals surface area contributed by atoms with Crippen LogP contribution >= 0.6 is 11.3 Å². The van der Waals surface area contributed by atoms with E-state index in [0.29, 0.717) is 29.9 Å². The van der Waals surface area contributed by atoms with Crippen LogP contribution < -0.4 is 11.1 Å². The van der Waals surface area contributed by atoms with E-state index in [1.165, 1.54) is 18.3 Å². The SMILES string of the molecule is CC(=O)Nc1cccc(-c2sc(C)nc2C(=O)N2[C@H](CN)C[C@@H]3C[C@@H]32)c1. The van der Waals surface area contributed by atoms with Crippen LogP contribution in [0.4, 0.5) is 5.69 Å². The Bertz CT molecular complexity index is 878. The van der Waals surface area contributed by atoms with Crippen molar-refractivity contribution in [3.05, 3.63) is 35.0 Å². The number of fused-ring (bicyclic) bond motifs is 1. The molecule has 1 aromatic heterocycles. The summed E-state index contributed by atoms with van der Waals surface area (Å²) in [6.45, 7) is 3.88. The summed E-state index contributed by atoms with van der Waals surface area (Å²) in [5.74, 6) is 0.468. The van der Waals surface area contributed by atoms with Crippen molar-refractivity contribution in [1.82, 2.24) is 9.88 Å². The molecule has 1 saturated carbocycles. The Hall–Kier alpha value is -2.25. The average molecular weight is 370 g/mol. The van der Waals surface area contributed by atoms with Gasteiger partial charge in [-0.3, -0.25) is 9.59 Å². The van der Waals surface area contributed by atoms with Gasteiger partial charge >= 0.3 is 0 Å². The zero-order chi connectivity index (χ0) is 18.4. The third-order valence-electron chi connectivity index (χ3n) is 5.10. The van der Waals surface area contributed by atoms with E-state index >= 15 is 0 Å². The summed E-state index contributed by atoms with van der Waals surface area (Å²) in [7, 11) is 0. The molecule has 26 heavy (non-hydrogen) atoms. The van der Waals surface area contributed by atoms with Gasteiger partial charge in [0.1, 0.15) is 5.69 Å². The quantitative estimate of drug-likeness (QED) is 0.866. The summed E-state index contributed by atoms with van der Waals surface area (Å²) in [6, 6.07) is 7.98. The molecule has 3 atom stereocenters. The van der Waals surface area contributed by atoms with Crippen LogP contribution in [0.1, 0.15) is 35.3 Å². The molecule has 3 N–H and O–H groups in total. The number of amides is 2. The van der Waals surface area contributed by atoms with Crippen molar-refractivity contribution in [2.45, 2.75) is 38.8 Å². The summed E-state index contributed by atoms with van der Waals surface area (Å²) < 4.78 is 0. The van der Waals surface area contributed by atoms with Gasteiger partial charge in [-0.15, -0.1) is 11.3 Å². The summed E-state index contributed by atoms with van der Waals surface area (Å²) in [5, 5.41) is 3.64. The maximum Gasteiger partial charge on any atom is 0.274 e. The van der Waals surface area contributed by atoms with Crippen molar-refractivity contribution in [3.8, 4) is 10.4 Å². The molecule has 2 aromatic rings. The highest BCUT2D eigenvalue weighted by Gasteiger charge is 2.54. The predicted molar refractivity (Wildman–Crippen MR) is 102 cm³/mol. The highest BCUT2D eigenvalue weighted by atomic mass is 32.1. The van der Waals surface area contributed by atoms with Crippen LogP contribution in [0.3, 0.4) is 0 Å². The molecule has 2 heterocycles. The summed E-state index contributed by atoms with van der Waals surface area (Å²) >= 11 is 1.50. The topological polar surface area (TPSA) is 88.3 Å². The van der Waals surface area contributed by atoms with E-state index in [4.69, 9.17) is 5.73 Å². The number of benzene rings is 1. The minimum atomic E-state index is -0.124. The lowest BCUT2D eigenvalue weighted by atomic mass is 10.1. The molecule has 4 rings (SSSR count). The van der Waals surface area contributed by atoms with E-state index < -0.39 is 0 Å². The van der Waals surface area contributed by atoms with Gasteiger partial charge in [0.15, 0.2) is 0 Å². The van der Waals surface area contributed by atoms with Crippen LogP contribution in [0.25, 0.3) is 10.4 Å². The molecule has 1 aliphatic carbocycles. The number of likely N-dealkylation sites (tertiary alicyclic amines) is 1. The molecule has 2 aliphatic rings. The smallest absolute Gasteiger partial charge is 0.274 e. The Kier molecular flexibility index (Phi) is 4.28. The molecule has 1 aliphatic heterocycles. The molecule has 0 bridgehead atoms. The van der Waals surface area contributed by atoms with Gasteiger partial charge in [0.05, 0.1) is 9.88 Å². The van der Waals surface area contributed by atoms with Gasteiger partial charge in [-0.1, -0.05) is 12.1 Å². The first kappa shape index (κ1) is 17.2. The van der Waals surface area contributed by atoms with Crippen LogP contribution in [-0.4, -0.2) is 40.3 Å². The summed E-state index contributed by atoms with van der Waals surface area (Å²) in [5.41, 5.74) is 7.99. The number of nitrogens with two attached hydrogens (primary N) is 1. The van der Waals surface area contributed by atoms with Gasteiger partial charge in [0, 0.05) is 31.2 Å². The largest absolute Gasteiger partial charge is 0.330 e. The molecule has 136 valence electrons. The molecule has 0 unspecified atom stereocenters. The summed E-state index contributed by atoms with van der Waals surface area (Å²) in [4.78, 5) is 31.9. The fraction of sp³-hybridized carbons (Fsp3) is 0.421. The fourth-order valence-corrected chi connectivity index (χ4v) is 4.82. The molecule has 0 spiro atoms. The van der Waals surface area contributed by atoms with E-state index in [0.717, 1.165) is 28.3 Å². The maximum atomic E-state index is 13.3. The normalized spacial score (nSPS) is 23.7. The molecule has 2 fully saturated rings. The van der Waals surface area contributed by atoms with Gasteiger partial charge in [-0.2, -0.15) is 0 Å². The molecule has 6 nitrogen and oxygen atoms in total. The van der Waals surface area contributed by atoms with Crippen molar-refractivity contribution >= 4 is 28.8 Å². The highest BCUT2D eigenvalue weighted by molar-refractivity contribution is 7.15. The molecular formula is C19H22N4O2S. The van der Waals surface area contributed by atoms with Crippen LogP contribution in [0.5, 0.6) is 0 Å². The number of thiazole rings is 1. The monoisotopic (exact) mass is 370 g/mol. The fourth-order valence-electron chi connectivity index (χ4n) is 3.92. The second-order valence-corrected chi connectivity index (χ2v) is 8.28. The Morgan fingerprint density at radius 1 is 1.38 bits per heavy atom. The van der Waals surface area contributed by atoms with Gasteiger partial charge in [0.2, 0.25) is 5.91 Å². The predicted octanol–water partition coefficient (Wildman–Crippen LogP) is 2.64. The van der Waals surface area contributed by atoms with Crippen molar-refractivity contribution < 1.29 is 9.59 Å². The molecule has 2 amide bonds. The Labute approximate surface area is 156 Å². The number of aromatic nitrogens is 1. The second-order valence-electron chi connectivity index (χ2n) is 7.07. The Balaban J connectivity index is 1.69. The third-order valence-corrected chi connectivity index (χ3v) is 6.12. The van der Waals surface area contributed by atoms with Gasteiger partial charge in [0.25, 0.3) is 5.91 Å². The Morgan fingerprint density at radius 2 is 2.19 bits per heavy atom. The van der Waals surface area contributed by atoms with Crippen LogP contribution in [-0.2, 0) is 4.79 Å². The van der Waals surface area contributed by atoms with E-state index in [1.807, 2.05) is 36.1 Å². The number of nitrogens with zero attached hydrogens (tertiary/aromatic N) is 2. The molecule has 1 aromatic carbocycles. The standard InChI is InChI=1S/C19H22N4O2S/c1-10(24)21-14-5-3-4-12(6-14)18-17(22-11(2)26-18)19(25)23-15(9-20)7-13-8-16(13)23/h3-6,13,15-16H,7-9,20H2,1-2H3,(H,21,24)/t13-,15+,16+/m1/s1. The number of aryl methyl sites for hydroxylation is 1. The first-order valence-electron chi connectivity index (χ1n) is 8.86. The average Bonchev–Trinajstić information content (AvgIpc) is 3.09. The molecule has 0 radical (unpaired) electrons. The molecular weight excluding hydrogens is 348 g/mol. The van der Waals surface area contributed by atoms with Crippen molar-refractivity contribution in [2.75, 3.05) is 11.9 Å². The third kappa shape index (κ3) is 3.01. The minimum absolute atomic E-state index is 0.0188. The van der Waals surface area contributed by atoms with Gasteiger partial charge < -0.3 is 16.0 Å². The lowest BCUT2D eigenvalue weighted by molar-refractivity contribution is -0.114. The minimum Gasteiger partial charge on any atom is -0.330 e. The second kappa shape index (κ2) is 6.48. The zero-order valence-electron chi connectivity index (χ0n) is 14.9. The molecule has 7 heteroatoms. The lowest BCUT2D eigenvalue weighted by Crippen LogP contribution is -2.42. The van der Waals surface area contributed by atoms with Crippen LogP contribution in [0.15, 0.2) is 24.3 Å². The number of hydrogen-bond donors (Lipinski definition) is 2. The number of anilines is 1. The first-order valence-corrected chi connectivity index (χ1v) is 9.67. The number of nitrogens with one attached hydrogen (secondary N) is 1. The van der Waals surface area contributed by atoms with Gasteiger partial charge in [-0.25, -0.2) is 4.98 Å². The number of carbonyl (C=O) groups is 2. The Morgan fingerprint density at radius 3 is 2.92 bits per heavy atom. The van der Waals surface area contributed by atoms with Crippen molar-refractivity contribution in [1.29, 1.82) is 0 Å². The van der Waals surface area contributed by atoms with E-state index in [9.17, 15) is 9.59 Å². The van der Waals surface area contributed by atoms with Crippen LogP contribution in [0.2, 0.25) is 0 Å². The summed E-state index contributed by atoms with van der Waals surface area (Å²) in [6.07, 6.45) is 2.09. The number of piperidine rings is 1. The lowest BCUT2D eigenvalue weighted by Gasteiger charge is -2.26. The van der Waals surface area contributed by atoms with E-state index in [1.54, 1.807) is 0 Å². The van der Waals surface area contributed by atoms with Crippen molar-refractivity contribution in [3.63, 3.8) is 0 Å². The van der Waals surface area contributed by atoms with Crippen LogP contribution in [0, 0.1) is 12.8 Å². The van der Waals surface area contributed by atoms with E-state index in [-0.39, 0.29) is 17.9 Å². The maximum absolute atomic E-state index is 13.3. The number of rotatable bonds is 4. The van der Waals surface area contributed by atoms with Crippen molar-refractivity contribution in [2.24, 2.45) is 11.7 Å². The first-order chi connectivity index (χ1) is 12.5. The highest BCUT2D eigenvalue weighted by Crippen LogP contribution is 2.48. The molecule has 1 saturated heterocycles.